The number of carbonyl (C=O) groups is 1. The number of aromatic nitrogens is 1. The van der Waals surface area contributed by atoms with Crippen LogP contribution in [0.25, 0.3) is 0 Å². The second kappa shape index (κ2) is 6.31. The van der Waals surface area contributed by atoms with Gasteiger partial charge in [0.25, 0.3) is 0 Å². The third-order valence-electron chi connectivity index (χ3n) is 1.60. The fraction of sp³-hybridized carbons (Fsp3) is 0.500. The number of nitrogens with zero attached hydrogens (tertiary/aromatic N) is 1. The molecule has 0 aromatic carbocycles. The van der Waals surface area contributed by atoms with E-state index in [1.54, 1.807) is 6.92 Å². The molecule has 0 unspecified atom stereocenters. The van der Waals surface area contributed by atoms with Gasteiger partial charge in [0.05, 0.1) is 28.8 Å². The molecular formula is C8H11BrN2O4S2. The van der Waals surface area contributed by atoms with Gasteiger partial charge in [-0.2, -0.15) is 0 Å². The molecule has 0 aliphatic rings. The van der Waals surface area contributed by atoms with Crippen LogP contribution in [0.4, 0.5) is 5.13 Å². The molecule has 0 aliphatic carbocycles. The number of rotatable bonds is 6. The highest BCUT2D eigenvalue weighted by atomic mass is 79.9. The zero-order chi connectivity index (χ0) is 12.9. The summed E-state index contributed by atoms with van der Waals surface area (Å²) in [6, 6.07) is 0. The molecule has 17 heavy (non-hydrogen) atoms. The van der Waals surface area contributed by atoms with Gasteiger partial charge in [-0.25, -0.2) is 13.4 Å². The lowest BCUT2D eigenvalue weighted by Crippen LogP contribution is -2.19. The summed E-state index contributed by atoms with van der Waals surface area (Å²) in [5.41, 5.74) is 0. The van der Waals surface area contributed by atoms with Crippen molar-refractivity contribution in [3.63, 3.8) is 0 Å². The number of hydrogen-bond donors (Lipinski definition) is 1. The van der Waals surface area contributed by atoms with Gasteiger partial charge >= 0.3 is 5.97 Å². The van der Waals surface area contributed by atoms with E-state index >= 15 is 0 Å². The zero-order valence-corrected chi connectivity index (χ0v) is 12.2. The summed E-state index contributed by atoms with van der Waals surface area (Å²) in [5.74, 6) is -0.846. The highest BCUT2D eigenvalue weighted by molar-refractivity contribution is 9.11. The molecule has 1 N–H and O–H groups in total. The summed E-state index contributed by atoms with van der Waals surface area (Å²) in [4.78, 5) is 14.8. The number of esters is 1. The van der Waals surface area contributed by atoms with Crippen molar-refractivity contribution in [2.24, 2.45) is 0 Å². The highest BCUT2D eigenvalue weighted by Gasteiger charge is 2.15. The Morgan fingerprint density at radius 2 is 2.35 bits per heavy atom. The van der Waals surface area contributed by atoms with E-state index in [1.807, 2.05) is 0 Å². The lowest BCUT2D eigenvalue weighted by Gasteiger charge is -2.04. The van der Waals surface area contributed by atoms with Crippen LogP contribution < -0.4 is 4.72 Å². The molecule has 1 heterocycles. The van der Waals surface area contributed by atoms with E-state index in [9.17, 15) is 13.2 Å². The van der Waals surface area contributed by atoms with Crippen LogP contribution in [-0.4, -0.2) is 31.7 Å². The second-order valence-corrected chi connectivity index (χ2v) is 7.20. The maximum atomic E-state index is 11.6. The van der Waals surface area contributed by atoms with Gasteiger partial charge in [-0.3, -0.25) is 9.52 Å². The molecule has 0 atom stereocenters. The maximum Gasteiger partial charge on any atom is 0.306 e. The van der Waals surface area contributed by atoms with Crippen molar-refractivity contribution < 1.29 is 17.9 Å². The minimum atomic E-state index is -3.56. The first-order chi connectivity index (χ1) is 7.93. The summed E-state index contributed by atoms with van der Waals surface area (Å²) in [5, 5.41) is 0.265. The van der Waals surface area contributed by atoms with Gasteiger partial charge in [0.15, 0.2) is 5.13 Å². The standard InChI is InChI=1S/C8H11BrN2O4S2/c1-2-15-7(12)3-4-17(13,14)11-8-10-5-6(9)16-8/h5H,2-4H2,1H3,(H,10,11). The van der Waals surface area contributed by atoms with Crippen LogP contribution in [-0.2, 0) is 19.6 Å². The van der Waals surface area contributed by atoms with Crippen LogP contribution >= 0.6 is 27.3 Å². The van der Waals surface area contributed by atoms with E-state index in [-0.39, 0.29) is 23.9 Å². The van der Waals surface area contributed by atoms with Gasteiger partial charge < -0.3 is 4.74 Å². The highest BCUT2D eigenvalue weighted by Crippen LogP contribution is 2.23. The smallest absolute Gasteiger partial charge is 0.306 e. The molecule has 0 saturated carbocycles. The van der Waals surface area contributed by atoms with Crippen molar-refractivity contribution in [1.29, 1.82) is 0 Å². The van der Waals surface area contributed by atoms with Gasteiger partial charge in [-0.05, 0) is 22.9 Å². The number of anilines is 1. The predicted molar refractivity (Wildman–Crippen MR) is 68.5 cm³/mol. The minimum Gasteiger partial charge on any atom is -0.466 e. The van der Waals surface area contributed by atoms with Crippen LogP contribution in [0.1, 0.15) is 13.3 Å². The third kappa shape index (κ3) is 5.46. The fourth-order valence-corrected chi connectivity index (χ4v) is 3.30. The fourth-order valence-electron chi connectivity index (χ4n) is 0.937. The minimum absolute atomic E-state index is 0.171. The molecule has 1 aromatic rings. The van der Waals surface area contributed by atoms with E-state index in [1.165, 1.54) is 6.20 Å². The Hall–Kier alpha value is -0.670. The topological polar surface area (TPSA) is 85.4 Å². The van der Waals surface area contributed by atoms with Crippen molar-refractivity contribution in [2.45, 2.75) is 13.3 Å². The molecule has 0 radical (unpaired) electrons. The summed E-state index contributed by atoms with van der Waals surface area (Å²) in [6.45, 7) is 1.91. The quantitative estimate of drug-likeness (QED) is 0.793. The van der Waals surface area contributed by atoms with Crippen molar-refractivity contribution in [3.8, 4) is 0 Å². The number of carbonyl (C=O) groups excluding carboxylic acids is 1. The molecule has 96 valence electrons. The van der Waals surface area contributed by atoms with E-state index in [4.69, 9.17) is 0 Å². The van der Waals surface area contributed by atoms with Crippen molar-refractivity contribution in [1.82, 2.24) is 4.98 Å². The Kier molecular flexibility index (Phi) is 5.34. The van der Waals surface area contributed by atoms with Crippen LogP contribution in [0.5, 0.6) is 0 Å². The SMILES string of the molecule is CCOC(=O)CCS(=O)(=O)Nc1ncc(Br)s1. The molecule has 9 heteroatoms. The number of nitrogens with one attached hydrogen (secondary N) is 1. The van der Waals surface area contributed by atoms with E-state index < -0.39 is 16.0 Å². The lowest BCUT2D eigenvalue weighted by molar-refractivity contribution is -0.142. The van der Waals surface area contributed by atoms with E-state index in [0.29, 0.717) is 0 Å². The average molecular weight is 343 g/mol. The van der Waals surface area contributed by atoms with Crippen molar-refractivity contribution >= 4 is 48.4 Å². The molecule has 0 spiro atoms. The van der Waals surface area contributed by atoms with Crippen molar-refractivity contribution in [3.05, 3.63) is 9.98 Å². The van der Waals surface area contributed by atoms with Gasteiger partial charge in [0, 0.05) is 0 Å². The van der Waals surface area contributed by atoms with Gasteiger partial charge in [0.1, 0.15) is 0 Å². The Balaban J connectivity index is 2.49. The Morgan fingerprint density at radius 1 is 1.65 bits per heavy atom. The first-order valence-corrected chi connectivity index (χ1v) is 7.96. The molecule has 1 aromatic heterocycles. The Bertz CT molecular complexity index is 485. The second-order valence-electron chi connectivity index (χ2n) is 2.95. The zero-order valence-electron chi connectivity index (χ0n) is 8.97. The number of sulfonamides is 1. The molecule has 0 amide bonds. The van der Waals surface area contributed by atoms with Crippen LogP contribution in [0.2, 0.25) is 0 Å². The Labute approximate surface area is 112 Å². The summed E-state index contributed by atoms with van der Waals surface area (Å²) >= 11 is 4.33. The monoisotopic (exact) mass is 342 g/mol. The lowest BCUT2D eigenvalue weighted by atomic mass is 10.5. The van der Waals surface area contributed by atoms with Gasteiger partial charge in [0.2, 0.25) is 10.0 Å². The average Bonchev–Trinajstić information content (AvgIpc) is 2.61. The molecule has 1 rings (SSSR count). The Morgan fingerprint density at radius 3 is 2.88 bits per heavy atom. The summed E-state index contributed by atoms with van der Waals surface area (Å²) in [6.07, 6.45) is 1.32. The molecule has 0 saturated heterocycles. The maximum absolute atomic E-state index is 11.6. The molecule has 0 fully saturated rings. The molecule has 0 bridgehead atoms. The molecular weight excluding hydrogens is 332 g/mol. The van der Waals surface area contributed by atoms with E-state index in [0.717, 1.165) is 15.1 Å². The number of halogens is 1. The van der Waals surface area contributed by atoms with Crippen molar-refractivity contribution in [2.75, 3.05) is 17.1 Å². The van der Waals surface area contributed by atoms with Crippen LogP contribution in [0, 0.1) is 0 Å². The number of ether oxygens (including phenoxy) is 1. The number of thiazole rings is 1. The molecule has 0 aliphatic heterocycles. The first-order valence-electron chi connectivity index (χ1n) is 4.70. The first kappa shape index (κ1) is 14.4. The number of hydrogen-bond acceptors (Lipinski definition) is 6. The van der Waals surface area contributed by atoms with Gasteiger partial charge in [-0.15, -0.1) is 0 Å². The van der Waals surface area contributed by atoms with Crippen LogP contribution in [0.3, 0.4) is 0 Å². The third-order valence-corrected chi connectivity index (χ3v) is 4.37. The van der Waals surface area contributed by atoms with E-state index in [2.05, 4.69) is 30.4 Å². The predicted octanol–water partition coefficient (Wildman–Crippen LogP) is 1.60. The normalized spacial score (nSPS) is 11.2. The van der Waals surface area contributed by atoms with Crippen LogP contribution in [0.15, 0.2) is 9.98 Å². The summed E-state index contributed by atoms with van der Waals surface area (Å²) in [7, 11) is -3.56. The van der Waals surface area contributed by atoms with Gasteiger partial charge in [-0.1, -0.05) is 11.3 Å². The largest absolute Gasteiger partial charge is 0.466 e. The summed E-state index contributed by atoms with van der Waals surface area (Å²) < 4.78 is 30.7. The molecule has 6 nitrogen and oxygen atoms in total.